The molecule has 0 spiro atoms. The molecule has 2 aliphatic rings. The molecule has 2 heterocycles. The average molecular weight is 280 g/mol. The molecule has 0 amide bonds. The van der Waals surface area contributed by atoms with Crippen molar-refractivity contribution in [2.75, 3.05) is 18.4 Å². The number of anilines is 1. The first-order chi connectivity index (χ1) is 9.36. The Morgan fingerprint density at radius 2 is 2.16 bits per heavy atom. The molecule has 2 atom stereocenters. The Morgan fingerprint density at radius 1 is 1.26 bits per heavy atom. The number of likely N-dealkylation sites (tertiary alicyclic amines) is 1. The lowest BCUT2D eigenvalue weighted by Crippen LogP contribution is -2.34. The fraction of sp³-hybridized carbons (Fsp3) is 0.857. The monoisotopic (exact) mass is 280 g/mol. The van der Waals surface area contributed by atoms with E-state index >= 15 is 0 Å². The summed E-state index contributed by atoms with van der Waals surface area (Å²) < 4.78 is 0. The predicted octanol–water partition coefficient (Wildman–Crippen LogP) is 3.12. The molecule has 2 fully saturated rings. The maximum Gasteiger partial charge on any atom is 0.205 e. The zero-order chi connectivity index (χ0) is 13.1. The van der Waals surface area contributed by atoms with Gasteiger partial charge < -0.3 is 5.32 Å². The van der Waals surface area contributed by atoms with E-state index < -0.39 is 0 Å². The third-order valence-corrected chi connectivity index (χ3v) is 5.32. The standard InChI is InChI=1S/C14H24N4S/c1-2-8-15-14-17-16-13(19-14)10-18-9-7-11-5-3-4-6-12(11)18/h11-12H,2-10H2,1H3,(H,15,17). The van der Waals surface area contributed by atoms with Crippen molar-refractivity contribution in [2.24, 2.45) is 5.92 Å². The van der Waals surface area contributed by atoms with Gasteiger partial charge in [-0.2, -0.15) is 0 Å². The molecule has 0 radical (unpaired) electrons. The van der Waals surface area contributed by atoms with Crippen molar-refractivity contribution in [3.8, 4) is 0 Å². The van der Waals surface area contributed by atoms with E-state index in [1.54, 1.807) is 11.3 Å². The van der Waals surface area contributed by atoms with Crippen LogP contribution in [-0.2, 0) is 6.54 Å². The van der Waals surface area contributed by atoms with Crippen molar-refractivity contribution < 1.29 is 0 Å². The zero-order valence-corrected chi connectivity index (χ0v) is 12.6. The van der Waals surface area contributed by atoms with Crippen molar-refractivity contribution in [1.82, 2.24) is 15.1 Å². The van der Waals surface area contributed by atoms with Gasteiger partial charge in [-0.15, -0.1) is 10.2 Å². The molecule has 4 nitrogen and oxygen atoms in total. The fourth-order valence-corrected chi connectivity index (χ4v) is 4.29. The van der Waals surface area contributed by atoms with Gasteiger partial charge in [-0.1, -0.05) is 31.1 Å². The lowest BCUT2D eigenvalue weighted by atomic mass is 9.85. The molecule has 5 heteroatoms. The molecule has 1 saturated carbocycles. The van der Waals surface area contributed by atoms with Gasteiger partial charge in [0.2, 0.25) is 5.13 Å². The van der Waals surface area contributed by atoms with Crippen molar-refractivity contribution in [3.05, 3.63) is 5.01 Å². The molecular weight excluding hydrogens is 256 g/mol. The summed E-state index contributed by atoms with van der Waals surface area (Å²) in [5.41, 5.74) is 0. The molecule has 1 aliphatic carbocycles. The quantitative estimate of drug-likeness (QED) is 0.899. The maximum atomic E-state index is 4.33. The largest absolute Gasteiger partial charge is 0.360 e. The van der Waals surface area contributed by atoms with Gasteiger partial charge in [0.25, 0.3) is 0 Å². The van der Waals surface area contributed by atoms with E-state index in [0.717, 1.165) is 36.6 Å². The van der Waals surface area contributed by atoms with Gasteiger partial charge in [-0.25, -0.2) is 0 Å². The number of nitrogens with one attached hydrogen (secondary N) is 1. The first-order valence-corrected chi connectivity index (χ1v) is 8.48. The highest BCUT2D eigenvalue weighted by Gasteiger charge is 2.35. The SMILES string of the molecule is CCCNc1nnc(CN2CCC3CCCCC32)s1. The summed E-state index contributed by atoms with van der Waals surface area (Å²) in [6, 6.07) is 0.824. The van der Waals surface area contributed by atoms with Crippen molar-refractivity contribution in [2.45, 2.75) is 58.0 Å². The Labute approximate surface area is 119 Å². The highest BCUT2D eigenvalue weighted by Crippen LogP contribution is 2.37. The van der Waals surface area contributed by atoms with E-state index in [9.17, 15) is 0 Å². The van der Waals surface area contributed by atoms with Gasteiger partial charge >= 0.3 is 0 Å². The molecule has 1 N–H and O–H groups in total. The van der Waals surface area contributed by atoms with E-state index in [-0.39, 0.29) is 0 Å². The molecular formula is C14H24N4S. The second-order valence-corrected chi connectivity index (χ2v) is 6.86. The number of fused-ring (bicyclic) bond motifs is 1. The molecule has 19 heavy (non-hydrogen) atoms. The van der Waals surface area contributed by atoms with E-state index in [0.29, 0.717) is 0 Å². The number of nitrogens with zero attached hydrogens (tertiary/aromatic N) is 3. The minimum absolute atomic E-state index is 0.824. The van der Waals surface area contributed by atoms with Crippen molar-refractivity contribution in [1.29, 1.82) is 0 Å². The predicted molar refractivity (Wildman–Crippen MR) is 79.5 cm³/mol. The van der Waals surface area contributed by atoms with Gasteiger partial charge in [0.15, 0.2) is 0 Å². The summed E-state index contributed by atoms with van der Waals surface area (Å²) in [4.78, 5) is 2.65. The number of hydrogen-bond acceptors (Lipinski definition) is 5. The normalized spacial score (nSPS) is 27.4. The molecule has 0 bridgehead atoms. The first-order valence-electron chi connectivity index (χ1n) is 7.67. The summed E-state index contributed by atoms with van der Waals surface area (Å²) >= 11 is 1.72. The van der Waals surface area contributed by atoms with Gasteiger partial charge in [0.05, 0.1) is 6.54 Å². The van der Waals surface area contributed by atoms with E-state index in [4.69, 9.17) is 0 Å². The highest BCUT2D eigenvalue weighted by molar-refractivity contribution is 7.15. The summed E-state index contributed by atoms with van der Waals surface area (Å²) in [6.45, 7) is 5.42. The van der Waals surface area contributed by atoms with Crippen LogP contribution >= 0.6 is 11.3 Å². The lowest BCUT2D eigenvalue weighted by Gasteiger charge is -2.31. The van der Waals surface area contributed by atoms with Crippen LogP contribution in [-0.4, -0.2) is 34.2 Å². The van der Waals surface area contributed by atoms with Crippen LogP contribution in [0.15, 0.2) is 0 Å². The Morgan fingerprint density at radius 3 is 3.05 bits per heavy atom. The summed E-state index contributed by atoms with van der Waals surface area (Å²) in [6.07, 6.45) is 8.22. The molecule has 1 aromatic heterocycles. The second kappa shape index (κ2) is 6.18. The summed E-state index contributed by atoms with van der Waals surface area (Å²) in [7, 11) is 0. The molecule has 3 rings (SSSR count). The van der Waals surface area contributed by atoms with Gasteiger partial charge in [-0.3, -0.25) is 4.90 Å². The minimum Gasteiger partial charge on any atom is -0.360 e. The van der Waals surface area contributed by atoms with Crippen LogP contribution in [0.3, 0.4) is 0 Å². The van der Waals surface area contributed by atoms with E-state index in [1.165, 1.54) is 43.7 Å². The third kappa shape index (κ3) is 3.08. The molecule has 1 aliphatic heterocycles. The summed E-state index contributed by atoms with van der Waals surface area (Å²) in [5, 5.41) is 14.0. The minimum atomic E-state index is 0.824. The second-order valence-electron chi connectivity index (χ2n) is 5.80. The van der Waals surface area contributed by atoms with Gasteiger partial charge in [0, 0.05) is 12.6 Å². The molecule has 1 saturated heterocycles. The average Bonchev–Trinajstić information content (AvgIpc) is 3.05. The van der Waals surface area contributed by atoms with Crippen molar-refractivity contribution >= 4 is 16.5 Å². The lowest BCUT2D eigenvalue weighted by molar-refractivity contribution is 0.175. The van der Waals surface area contributed by atoms with Gasteiger partial charge in [0.1, 0.15) is 5.01 Å². The summed E-state index contributed by atoms with van der Waals surface area (Å²) in [5.74, 6) is 0.958. The van der Waals surface area contributed by atoms with Crippen LogP contribution in [0.5, 0.6) is 0 Å². The number of rotatable bonds is 5. The molecule has 1 aromatic rings. The Hall–Kier alpha value is -0.680. The van der Waals surface area contributed by atoms with Crippen LogP contribution in [0.25, 0.3) is 0 Å². The van der Waals surface area contributed by atoms with Gasteiger partial charge in [-0.05, 0) is 38.1 Å². The molecule has 2 unspecified atom stereocenters. The number of hydrogen-bond donors (Lipinski definition) is 1. The Kier molecular flexibility index (Phi) is 4.33. The first kappa shape index (κ1) is 13.3. The van der Waals surface area contributed by atoms with Crippen LogP contribution in [0.2, 0.25) is 0 Å². The highest BCUT2D eigenvalue weighted by atomic mass is 32.1. The molecule has 106 valence electrons. The number of aromatic nitrogens is 2. The van der Waals surface area contributed by atoms with Crippen LogP contribution in [0.4, 0.5) is 5.13 Å². The Bertz CT molecular complexity index is 406. The maximum absolute atomic E-state index is 4.33. The van der Waals surface area contributed by atoms with Crippen LogP contribution in [0, 0.1) is 5.92 Å². The topological polar surface area (TPSA) is 41.1 Å². The van der Waals surface area contributed by atoms with Crippen molar-refractivity contribution in [3.63, 3.8) is 0 Å². The fourth-order valence-electron chi connectivity index (χ4n) is 3.49. The van der Waals surface area contributed by atoms with Crippen LogP contribution < -0.4 is 5.32 Å². The van der Waals surface area contributed by atoms with E-state index in [1.807, 2.05) is 0 Å². The van der Waals surface area contributed by atoms with Crippen LogP contribution in [0.1, 0.15) is 50.5 Å². The Balaban J connectivity index is 1.57. The van der Waals surface area contributed by atoms with E-state index in [2.05, 4.69) is 27.3 Å². The molecule has 0 aromatic carbocycles. The zero-order valence-electron chi connectivity index (χ0n) is 11.8. The third-order valence-electron chi connectivity index (χ3n) is 4.46. The smallest absolute Gasteiger partial charge is 0.205 e.